The number of rotatable bonds is 8. The Hall–Kier alpha value is -2.64. The largest absolute Gasteiger partial charge is 0.452 e. The SMILES string of the molecule is Cc1ccc(SCCNC(=O)COC(=O)/C=C/c2nc3ccccc3s2)cc1. The molecule has 0 spiro atoms. The van der Waals surface area contributed by atoms with E-state index in [1.165, 1.54) is 23.0 Å². The number of ether oxygens (including phenoxy) is 1. The summed E-state index contributed by atoms with van der Waals surface area (Å²) in [5, 5.41) is 3.46. The molecule has 1 N–H and O–H groups in total. The second kappa shape index (κ2) is 10.1. The van der Waals surface area contributed by atoms with Crippen LogP contribution >= 0.6 is 23.1 Å². The summed E-state index contributed by atoms with van der Waals surface area (Å²) in [6.45, 7) is 2.26. The van der Waals surface area contributed by atoms with Crippen LogP contribution in [0.2, 0.25) is 0 Å². The van der Waals surface area contributed by atoms with Crippen LogP contribution in [0.5, 0.6) is 0 Å². The summed E-state index contributed by atoms with van der Waals surface area (Å²) in [5.74, 6) is -0.130. The predicted octanol–water partition coefficient (Wildman–Crippen LogP) is 4.07. The van der Waals surface area contributed by atoms with E-state index in [0.717, 1.165) is 25.9 Å². The van der Waals surface area contributed by atoms with Crippen molar-refractivity contribution in [2.24, 2.45) is 0 Å². The third kappa shape index (κ3) is 6.21. The van der Waals surface area contributed by atoms with E-state index in [0.29, 0.717) is 6.54 Å². The van der Waals surface area contributed by atoms with Crippen molar-refractivity contribution in [1.29, 1.82) is 0 Å². The van der Waals surface area contributed by atoms with Crippen LogP contribution in [0.4, 0.5) is 0 Å². The van der Waals surface area contributed by atoms with Gasteiger partial charge in [0.15, 0.2) is 6.61 Å². The van der Waals surface area contributed by atoms with Crippen molar-refractivity contribution in [3.8, 4) is 0 Å². The summed E-state index contributed by atoms with van der Waals surface area (Å²) < 4.78 is 6.01. The van der Waals surface area contributed by atoms with Gasteiger partial charge in [0.05, 0.1) is 10.2 Å². The molecule has 0 radical (unpaired) electrons. The second-order valence-corrected chi connectivity index (χ2v) is 8.20. The number of amides is 1. The quantitative estimate of drug-likeness (QED) is 0.261. The molecule has 0 aliphatic heterocycles. The fraction of sp³-hybridized carbons (Fsp3) is 0.190. The standard InChI is InChI=1S/C21H20N2O3S2/c1-15-6-8-16(9-7-15)27-13-12-22-19(24)14-26-21(25)11-10-20-23-17-4-2-3-5-18(17)28-20/h2-11H,12-14H2,1H3,(H,22,24)/b11-10+. The van der Waals surface area contributed by atoms with E-state index in [-0.39, 0.29) is 12.5 Å². The minimum Gasteiger partial charge on any atom is -0.452 e. The van der Waals surface area contributed by atoms with Crippen LogP contribution in [0.15, 0.2) is 59.5 Å². The first kappa shape index (κ1) is 20.1. The van der Waals surface area contributed by atoms with Gasteiger partial charge in [-0.05, 0) is 37.3 Å². The van der Waals surface area contributed by atoms with Crippen molar-refractivity contribution in [1.82, 2.24) is 10.3 Å². The zero-order valence-electron chi connectivity index (χ0n) is 15.4. The lowest BCUT2D eigenvalue weighted by Gasteiger charge is -2.05. The van der Waals surface area contributed by atoms with Crippen LogP contribution in [0.3, 0.4) is 0 Å². The van der Waals surface area contributed by atoms with E-state index >= 15 is 0 Å². The molecule has 0 unspecified atom stereocenters. The normalized spacial score (nSPS) is 11.0. The van der Waals surface area contributed by atoms with Crippen LogP contribution < -0.4 is 5.32 Å². The van der Waals surface area contributed by atoms with E-state index in [4.69, 9.17) is 4.74 Å². The first-order chi connectivity index (χ1) is 13.6. The minimum absolute atomic E-state index is 0.293. The number of thioether (sulfide) groups is 1. The van der Waals surface area contributed by atoms with Gasteiger partial charge in [0.1, 0.15) is 5.01 Å². The van der Waals surface area contributed by atoms with E-state index in [2.05, 4.69) is 34.6 Å². The van der Waals surface area contributed by atoms with Gasteiger partial charge in [-0.2, -0.15) is 0 Å². The van der Waals surface area contributed by atoms with Gasteiger partial charge < -0.3 is 10.1 Å². The Labute approximate surface area is 171 Å². The Morgan fingerprint density at radius 2 is 1.96 bits per heavy atom. The summed E-state index contributed by atoms with van der Waals surface area (Å²) in [7, 11) is 0. The van der Waals surface area contributed by atoms with Crippen molar-refractivity contribution in [2.45, 2.75) is 11.8 Å². The molecule has 0 aliphatic carbocycles. The van der Waals surface area contributed by atoms with Crippen LogP contribution in [-0.2, 0) is 14.3 Å². The van der Waals surface area contributed by atoms with Crippen molar-refractivity contribution in [3.63, 3.8) is 0 Å². The third-order valence-corrected chi connectivity index (χ3v) is 5.75. The average molecular weight is 413 g/mol. The molecule has 3 rings (SSSR count). The van der Waals surface area contributed by atoms with Crippen LogP contribution in [-0.4, -0.2) is 35.8 Å². The lowest BCUT2D eigenvalue weighted by Crippen LogP contribution is -2.30. The molecule has 5 nitrogen and oxygen atoms in total. The number of hydrogen-bond acceptors (Lipinski definition) is 6. The molecule has 28 heavy (non-hydrogen) atoms. The van der Waals surface area contributed by atoms with E-state index in [1.54, 1.807) is 17.8 Å². The number of aryl methyl sites for hydroxylation is 1. The first-order valence-corrected chi connectivity index (χ1v) is 10.6. The molecule has 0 saturated carbocycles. The van der Waals surface area contributed by atoms with Gasteiger partial charge in [0.25, 0.3) is 5.91 Å². The zero-order valence-corrected chi connectivity index (χ0v) is 17.0. The molecular formula is C21H20N2O3S2. The van der Waals surface area contributed by atoms with Gasteiger partial charge in [-0.15, -0.1) is 23.1 Å². The van der Waals surface area contributed by atoms with Gasteiger partial charge in [-0.3, -0.25) is 4.79 Å². The predicted molar refractivity (Wildman–Crippen MR) is 115 cm³/mol. The number of nitrogens with one attached hydrogen (secondary N) is 1. The maximum Gasteiger partial charge on any atom is 0.331 e. The highest BCUT2D eigenvalue weighted by atomic mass is 32.2. The highest BCUT2D eigenvalue weighted by Crippen LogP contribution is 2.22. The topological polar surface area (TPSA) is 68.3 Å². The molecule has 1 heterocycles. The minimum atomic E-state index is -0.566. The number of carbonyl (C=O) groups excluding carboxylic acids is 2. The van der Waals surface area contributed by atoms with Crippen molar-refractivity contribution in [3.05, 3.63) is 65.2 Å². The van der Waals surface area contributed by atoms with Crippen molar-refractivity contribution in [2.75, 3.05) is 18.9 Å². The van der Waals surface area contributed by atoms with Crippen LogP contribution in [0, 0.1) is 6.92 Å². The Morgan fingerprint density at radius 1 is 1.18 bits per heavy atom. The molecule has 144 valence electrons. The number of fused-ring (bicyclic) bond motifs is 1. The smallest absolute Gasteiger partial charge is 0.331 e. The average Bonchev–Trinajstić information content (AvgIpc) is 3.12. The molecule has 3 aromatic rings. The zero-order chi connectivity index (χ0) is 19.8. The molecule has 2 aromatic carbocycles. The van der Waals surface area contributed by atoms with Gasteiger partial charge in [0.2, 0.25) is 0 Å². The third-order valence-electron chi connectivity index (χ3n) is 3.73. The Bertz CT molecular complexity index is 948. The molecular weight excluding hydrogens is 392 g/mol. The molecule has 0 atom stereocenters. The van der Waals surface area contributed by atoms with Gasteiger partial charge in [-0.25, -0.2) is 9.78 Å². The van der Waals surface area contributed by atoms with E-state index in [1.807, 2.05) is 31.2 Å². The highest BCUT2D eigenvalue weighted by molar-refractivity contribution is 7.99. The Kier molecular flexibility index (Phi) is 7.22. The summed E-state index contributed by atoms with van der Waals surface area (Å²) in [5.41, 5.74) is 2.11. The van der Waals surface area contributed by atoms with Crippen molar-refractivity contribution >= 4 is 51.3 Å². The summed E-state index contributed by atoms with van der Waals surface area (Å²) in [4.78, 5) is 29.1. The lowest BCUT2D eigenvalue weighted by molar-refractivity contribution is -0.143. The Balaban J connectivity index is 1.34. The molecule has 1 amide bonds. The fourth-order valence-electron chi connectivity index (χ4n) is 2.33. The maximum atomic E-state index is 11.8. The lowest BCUT2D eigenvalue weighted by atomic mass is 10.2. The molecule has 0 aliphatic rings. The monoisotopic (exact) mass is 412 g/mol. The summed E-state index contributed by atoms with van der Waals surface area (Å²) in [6, 6.07) is 16.0. The molecule has 0 saturated heterocycles. The van der Waals surface area contributed by atoms with Gasteiger partial charge in [0, 0.05) is 23.3 Å². The van der Waals surface area contributed by atoms with Crippen LogP contribution in [0.25, 0.3) is 16.3 Å². The number of thiazole rings is 1. The second-order valence-electron chi connectivity index (χ2n) is 5.97. The summed E-state index contributed by atoms with van der Waals surface area (Å²) >= 11 is 3.15. The number of carbonyl (C=O) groups is 2. The first-order valence-electron chi connectivity index (χ1n) is 8.77. The number of benzene rings is 2. The van der Waals surface area contributed by atoms with Crippen LogP contribution in [0.1, 0.15) is 10.6 Å². The molecule has 7 heteroatoms. The summed E-state index contributed by atoms with van der Waals surface area (Å²) in [6.07, 6.45) is 2.89. The number of para-hydroxylation sites is 1. The van der Waals surface area contributed by atoms with E-state index < -0.39 is 5.97 Å². The number of hydrogen-bond donors (Lipinski definition) is 1. The number of aromatic nitrogens is 1. The van der Waals surface area contributed by atoms with Gasteiger partial charge >= 0.3 is 5.97 Å². The van der Waals surface area contributed by atoms with Crippen molar-refractivity contribution < 1.29 is 14.3 Å². The number of nitrogens with zero attached hydrogens (tertiary/aromatic N) is 1. The highest BCUT2D eigenvalue weighted by Gasteiger charge is 2.06. The fourth-order valence-corrected chi connectivity index (χ4v) is 3.97. The Morgan fingerprint density at radius 3 is 2.75 bits per heavy atom. The molecule has 0 fully saturated rings. The van der Waals surface area contributed by atoms with Gasteiger partial charge in [-0.1, -0.05) is 29.8 Å². The molecule has 0 bridgehead atoms. The van der Waals surface area contributed by atoms with E-state index in [9.17, 15) is 9.59 Å². The maximum absolute atomic E-state index is 11.8. The number of esters is 1. The molecule has 1 aromatic heterocycles.